The van der Waals surface area contributed by atoms with Gasteiger partial charge < -0.3 is 10.1 Å². The molecule has 0 radical (unpaired) electrons. The smallest absolute Gasteiger partial charge is 0.143 e. The van der Waals surface area contributed by atoms with Crippen molar-refractivity contribution in [1.29, 1.82) is 5.26 Å². The van der Waals surface area contributed by atoms with Gasteiger partial charge in [-0.25, -0.2) is 4.39 Å². The zero-order chi connectivity index (χ0) is 14.7. The van der Waals surface area contributed by atoms with Crippen molar-refractivity contribution in [1.82, 2.24) is 0 Å². The molecule has 0 saturated carbocycles. The summed E-state index contributed by atoms with van der Waals surface area (Å²) in [5, 5.41) is 12.1. The number of halogens is 1. The molecule has 2 aromatic rings. The van der Waals surface area contributed by atoms with Gasteiger partial charge in [-0.1, -0.05) is 18.2 Å². The predicted molar refractivity (Wildman–Crippen MR) is 78.9 cm³/mol. The third-order valence-corrected chi connectivity index (χ3v) is 3.61. The molecule has 0 bridgehead atoms. The molecule has 1 N–H and O–H groups in total. The Bertz CT molecular complexity index is 706. The summed E-state index contributed by atoms with van der Waals surface area (Å²) in [6, 6.07) is 12.7. The molecule has 0 saturated heterocycles. The number of nitrogens with one attached hydrogen (secondary N) is 1. The highest BCUT2D eigenvalue weighted by molar-refractivity contribution is 5.57. The second-order valence-electron chi connectivity index (χ2n) is 4.99. The maximum absolute atomic E-state index is 13.5. The Morgan fingerprint density at radius 2 is 2.19 bits per heavy atom. The summed E-state index contributed by atoms with van der Waals surface area (Å²) in [5.41, 5.74) is 3.07. The van der Waals surface area contributed by atoms with Crippen LogP contribution in [-0.2, 0) is 12.8 Å². The molecule has 1 aliphatic heterocycles. The van der Waals surface area contributed by atoms with Crippen LogP contribution >= 0.6 is 0 Å². The van der Waals surface area contributed by atoms with Gasteiger partial charge in [0, 0.05) is 13.0 Å². The van der Waals surface area contributed by atoms with Gasteiger partial charge in [-0.05, 0) is 35.7 Å². The molecular formula is C17H15FN2O. The van der Waals surface area contributed by atoms with E-state index in [1.807, 2.05) is 18.2 Å². The van der Waals surface area contributed by atoms with Crippen LogP contribution in [0, 0.1) is 17.1 Å². The van der Waals surface area contributed by atoms with Crippen molar-refractivity contribution >= 4 is 5.69 Å². The molecule has 0 fully saturated rings. The largest absolute Gasteiger partial charge is 0.493 e. The lowest BCUT2D eigenvalue weighted by Crippen LogP contribution is -2.07. The molecule has 0 atom stereocenters. The molecule has 0 spiro atoms. The third-order valence-electron chi connectivity index (χ3n) is 3.61. The first-order valence-electron chi connectivity index (χ1n) is 6.95. The maximum atomic E-state index is 13.5. The summed E-state index contributed by atoms with van der Waals surface area (Å²) < 4.78 is 19.0. The monoisotopic (exact) mass is 282 g/mol. The van der Waals surface area contributed by atoms with Crippen molar-refractivity contribution in [3.8, 4) is 11.8 Å². The number of anilines is 1. The zero-order valence-electron chi connectivity index (χ0n) is 11.5. The van der Waals surface area contributed by atoms with Crippen molar-refractivity contribution < 1.29 is 9.13 Å². The first-order chi connectivity index (χ1) is 10.3. The van der Waals surface area contributed by atoms with Gasteiger partial charge in [0.05, 0.1) is 12.3 Å². The van der Waals surface area contributed by atoms with Crippen LogP contribution < -0.4 is 10.1 Å². The number of nitriles is 1. The van der Waals surface area contributed by atoms with E-state index in [-0.39, 0.29) is 5.56 Å². The van der Waals surface area contributed by atoms with E-state index in [2.05, 4.69) is 11.4 Å². The van der Waals surface area contributed by atoms with E-state index in [4.69, 9.17) is 10.00 Å². The highest BCUT2D eigenvalue weighted by Gasteiger charge is 2.12. The third kappa shape index (κ3) is 2.82. The molecule has 0 unspecified atom stereocenters. The summed E-state index contributed by atoms with van der Waals surface area (Å²) >= 11 is 0. The molecule has 1 aliphatic rings. The molecular weight excluding hydrogens is 267 g/mol. The Kier molecular flexibility index (Phi) is 3.74. The Morgan fingerprint density at radius 1 is 1.29 bits per heavy atom. The highest BCUT2D eigenvalue weighted by atomic mass is 19.1. The summed E-state index contributed by atoms with van der Waals surface area (Å²) in [7, 11) is 0. The number of benzene rings is 2. The Labute approximate surface area is 123 Å². The van der Waals surface area contributed by atoms with Gasteiger partial charge in [0.15, 0.2) is 0 Å². The van der Waals surface area contributed by atoms with E-state index in [1.54, 1.807) is 12.1 Å². The van der Waals surface area contributed by atoms with Gasteiger partial charge in [-0.15, -0.1) is 0 Å². The van der Waals surface area contributed by atoms with Gasteiger partial charge in [0.1, 0.15) is 23.2 Å². The zero-order valence-corrected chi connectivity index (χ0v) is 11.5. The van der Waals surface area contributed by atoms with Crippen LogP contribution in [-0.4, -0.2) is 13.2 Å². The van der Waals surface area contributed by atoms with Gasteiger partial charge in [-0.3, -0.25) is 0 Å². The lowest BCUT2D eigenvalue weighted by molar-refractivity contribution is 0.357. The summed E-state index contributed by atoms with van der Waals surface area (Å²) in [6.45, 7) is 1.41. The molecule has 0 aliphatic carbocycles. The quantitative estimate of drug-likeness (QED) is 0.936. The minimum atomic E-state index is -0.489. The van der Waals surface area contributed by atoms with Crippen LogP contribution in [0.15, 0.2) is 36.4 Å². The van der Waals surface area contributed by atoms with Crippen LogP contribution in [0.2, 0.25) is 0 Å². The van der Waals surface area contributed by atoms with Gasteiger partial charge in [0.2, 0.25) is 0 Å². The predicted octanol–water partition coefficient (Wildman–Crippen LogP) is 3.29. The second-order valence-corrected chi connectivity index (χ2v) is 4.99. The van der Waals surface area contributed by atoms with Gasteiger partial charge in [-0.2, -0.15) is 5.26 Å². The van der Waals surface area contributed by atoms with Crippen molar-refractivity contribution in [2.24, 2.45) is 0 Å². The van der Waals surface area contributed by atoms with Crippen LogP contribution in [0.3, 0.4) is 0 Å². The fourth-order valence-electron chi connectivity index (χ4n) is 2.52. The SMILES string of the molecule is N#Cc1c(F)cccc1NCCc1ccc2c(c1)CCO2. The van der Waals surface area contributed by atoms with Crippen LogP contribution in [0.4, 0.5) is 10.1 Å². The van der Waals surface area contributed by atoms with E-state index in [0.717, 1.165) is 25.2 Å². The van der Waals surface area contributed by atoms with Crippen molar-refractivity contribution in [3.63, 3.8) is 0 Å². The minimum absolute atomic E-state index is 0.0693. The molecule has 0 amide bonds. The summed E-state index contributed by atoms with van der Waals surface area (Å²) in [6.07, 6.45) is 1.77. The number of fused-ring (bicyclic) bond motifs is 1. The molecule has 106 valence electrons. The van der Waals surface area contributed by atoms with Gasteiger partial charge in [0.25, 0.3) is 0 Å². The highest BCUT2D eigenvalue weighted by Crippen LogP contribution is 2.26. The summed E-state index contributed by atoms with van der Waals surface area (Å²) in [5.74, 6) is 0.487. The number of nitrogens with zero attached hydrogens (tertiary/aromatic N) is 1. The molecule has 21 heavy (non-hydrogen) atoms. The van der Waals surface area contributed by atoms with Gasteiger partial charge >= 0.3 is 0 Å². The van der Waals surface area contributed by atoms with Crippen molar-refractivity contribution in [2.75, 3.05) is 18.5 Å². The van der Waals surface area contributed by atoms with E-state index in [1.165, 1.54) is 17.2 Å². The van der Waals surface area contributed by atoms with E-state index in [0.29, 0.717) is 12.2 Å². The number of hydrogen-bond acceptors (Lipinski definition) is 3. The van der Waals surface area contributed by atoms with Crippen molar-refractivity contribution in [2.45, 2.75) is 12.8 Å². The Morgan fingerprint density at radius 3 is 3.05 bits per heavy atom. The molecule has 3 nitrogen and oxygen atoms in total. The molecule has 4 heteroatoms. The average molecular weight is 282 g/mol. The van der Waals surface area contributed by atoms with E-state index >= 15 is 0 Å². The first kappa shape index (κ1) is 13.4. The lowest BCUT2D eigenvalue weighted by atomic mass is 10.1. The van der Waals surface area contributed by atoms with Crippen LogP contribution in [0.5, 0.6) is 5.75 Å². The number of ether oxygens (including phenoxy) is 1. The molecule has 0 aromatic heterocycles. The Hall–Kier alpha value is -2.54. The topological polar surface area (TPSA) is 45.0 Å². The number of rotatable bonds is 4. The molecule has 1 heterocycles. The minimum Gasteiger partial charge on any atom is -0.493 e. The van der Waals surface area contributed by atoms with E-state index in [9.17, 15) is 4.39 Å². The normalized spacial score (nSPS) is 12.4. The summed E-state index contributed by atoms with van der Waals surface area (Å²) in [4.78, 5) is 0. The fourth-order valence-corrected chi connectivity index (χ4v) is 2.52. The second kappa shape index (κ2) is 5.84. The van der Waals surface area contributed by atoms with Crippen LogP contribution in [0.1, 0.15) is 16.7 Å². The number of hydrogen-bond donors (Lipinski definition) is 1. The van der Waals surface area contributed by atoms with E-state index < -0.39 is 5.82 Å². The standard InChI is InChI=1S/C17H15FN2O/c18-15-2-1-3-16(14(15)11-19)20-8-6-12-4-5-17-13(10-12)7-9-21-17/h1-5,10,20H,6-9H2. The lowest BCUT2D eigenvalue weighted by Gasteiger charge is -2.09. The Balaban J connectivity index is 1.64. The molecule has 3 rings (SSSR count). The first-order valence-corrected chi connectivity index (χ1v) is 6.95. The van der Waals surface area contributed by atoms with Crippen molar-refractivity contribution in [3.05, 3.63) is 58.9 Å². The average Bonchev–Trinajstić information content (AvgIpc) is 2.95. The fraction of sp³-hybridized carbons (Fsp3) is 0.235. The molecule has 2 aromatic carbocycles. The van der Waals surface area contributed by atoms with Crippen LogP contribution in [0.25, 0.3) is 0 Å². The maximum Gasteiger partial charge on any atom is 0.143 e.